The number of carbonyl (C=O) groups excluding carboxylic acids is 1. The Morgan fingerprint density at radius 1 is 1.38 bits per heavy atom. The molecule has 68 valence electrons. The highest BCUT2D eigenvalue weighted by molar-refractivity contribution is 9.26. The van der Waals surface area contributed by atoms with Gasteiger partial charge in [0.1, 0.15) is 9.05 Å². The number of benzene rings is 1. The molecule has 0 unspecified atom stereocenters. The molecule has 0 saturated carbocycles. The van der Waals surface area contributed by atoms with E-state index >= 15 is 0 Å². The van der Waals surface area contributed by atoms with Crippen molar-refractivity contribution in [1.29, 1.82) is 0 Å². The largest absolute Gasteiger partial charge is 0.292 e. The minimum absolute atomic E-state index is 0.109. The van der Waals surface area contributed by atoms with Crippen LogP contribution >= 0.6 is 31.9 Å². The van der Waals surface area contributed by atoms with Crippen LogP contribution in [0.3, 0.4) is 0 Å². The summed E-state index contributed by atoms with van der Waals surface area (Å²) in [5.41, 5.74) is 0.954. The molecule has 0 saturated heterocycles. The molecule has 2 rings (SSSR count). The zero-order chi connectivity index (χ0) is 9.64. The third kappa shape index (κ3) is 1.36. The van der Waals surface area contributed by atoms with Crippen LogP contribution in [0.25, 0.3) is 0 Å². The maximum atomic E-state index is 13.2. The second-order valence-corrected chi connectivity index (χ2v) is 6.75. The van der Waals surface area contributed by atoms with Crippen LogP contribution < -0.4 is 0 Å². The molecule has 1 aliphatic rings. The van der Waals surface area contributed by atoms with Crippen molar-refractivity contribution in [2.24, 2.45) is 0 Å². The monoisotopic (exact) mass is 306 g/mol. The fraction of sp³-hybridized carbons (Fsp3) is 0.222. The molecule has 0 spiro atoms. The van der Waals surface area contributed by atoms with E-state index in [4.69, 9.17) is 0 Å². The molecule has 0 bridgehead atoms. The normalized spacial score (nSPS) is 18.8. The summed E-state index contributed by atoms with van der Waals surface area (Å²) in [7, 11) is 0. The van der Waals surface area contributed by atoms with E-state index in [1.165, 1.54) is 6.07 Å². The molecule has 0 aromatic heterocycles. The van der Waals surface area contributed by atoms with Gasteiger partial charge in [-0.25, -0.2) is 4.39 Å². The lowest BCUT2D eigenvalue weighted by molar-refractivity contribution is 0.0994. The molecule has 13 heavy (non-hydrogen) atoms. The van der Waals surface area contributed by atoms with Gasteiger partial charge < -0.3 is 0 Å². The van der Waals surface area contributed by atoms with Gasteiger partial charge in [0, 0.05) is 17.5 Å². The summed E-state index contributed by atoms with van der Waals surface area (Å²) in [6.07, 6.45) is 0.355. The first-order valence-corrected chi connectivity index (χ1v) is 5.31. The van der Waals surface area contributed by atoms with Gasteiger partial charge in [0.25, 0.3) is 0 Å². The Bertz CT molecular complexity index is 387. The number of ketones is 1. The summed E-state index contributed by atoms with van der Waals surface area (Å²) in [5.74, 6) is -0.423. The highest BCUT2D eigenvalue weighted by Crippen LogP contribution is 2.41. The van der Waals surface area contributed by atoms with E-state index in [0.717, 1.165) is 0 Å². The van der Waals surface area contributed by atoms with Gasteiger partial charge in [-0.2, -0.15) is 0 Å². The van der Waals surface area contributed by atoms with Crippen molar-refractivity contribution in [2.45, 2.75) is 9.65 Å². The number of hydrogen-bond donors (Lipinski definition) is 0. The lowest BCUT2D eigenvalue weighted by atomic mass is 10.1. The van der Waals surface area contributed by atoms with E-state index in [9.17, 15) is 9.18 Å². The highest BCUT2D eigenvalue weighted by atomic mass is 79.9. The molecule has 0 amide bonds. The molecular weight excluding hydrogens is 303 g/mol. The predicted molar refractivity (Wildman–Crippen MR) is 55.0 cm³/mol. The average Bonchev–Trinajstić information content (AvgIpc) is 2.28. The number of Topliss-reactive ketones (excluding diaryl/α,β-unsaturated/α-hetero) is 1. The van der Waals surface area contributed by atoms with E-state index < -0.39 is 3.23 Å². The van der Waals surface area contributed by atoms with Crippen LogP contribution in [0.5, 0.6) is 0 Å². The molecule has 0 fully saturated rings. The Kier molecular flexibility index (Phi) is 2.07. The lowest BCUT2D eigenvalue weighted by Crippen LogP contribution is -2.19. The van der Waals surface area contributed by atoms with Crippen molar-refractivity contribution >= 4 is 37.6 Å². The van der Waals surface area contributed by atoms with Crippen molar-refractivity contribution in [3.8, 4) is 0 Å². The molecule has 4 heteroatoms. The van der Waals surface area contributed by atoms with Crippen LogP contribution in [0, 0.1) is 5.82 Å². The standard InChI is InChI=1S/C9H5Br2FO/c10-9(11)4-6-5(8(9)13)2-1-3-7(6)12/h1-3H,4H2. The molecule has 1 nitrogen and oxygen atoms in total. The van der Waals surface area contributed by atoms with Gasteiger partial charge in [0.05, 0.1) is 0 Å². The van der Waals surface area contributed by atoms with E-state index in [-0.39, 0.29) is 11.6 Å². The third-order valence-corrected chi connectivity index (χ3v) is 3.38. The topological polar surface area (TPSA) is 17.1 Å². The van der Waals surface area contributed by atoms with Crippen LogP contribution in [0.1, 0.15) is 15.9 Å². The number of hydrogen-bond acceptors (Lipinski definition) is 1. The molecule has 0 N–H and O–H groups in total. The zero-order valence-corrected chi connectivity index (χ0v) is 9.65. The fourth-order valence-electron chi connectivity index (χ4n) is 1.45. The average molecular weight is 308 g/mol. The molecule has 1 aliphatic carbocycles. The Morgan fingerprint density at radius 3 is 2.69 bits per heavy atom. The van der Waals surface area contributed by atoms with E-state index in [2.05, 4.69) is 31.9 Å². The van der Waals surface area contributed by atoms with Gasteiger partial charge in [-0.05, 0) is 6.07 Å². The van der Waals surface area contributed by atoms with Crippen LogP contribution in [0.2, 0.25) is 0 Å². The van der Waals surface area contributed by atoms with E-state index in [1.54, 1.807) is 12.1 Å². The Labute approximate surface area is 91.6 Å². The summed E-state index contributed by atoms with van der Waals surface area (Å²) in [6.45, 7) is 0. The van der Waals surface area contributed by atoms with Gasteiger partial charge in [-0.1, -0.05) is 44.0 Å². The molecule has 0 aliphatic heterocycles. The molecule has 1 aromatic rings. The summed E-state index contributed by atoms with van der Waals surface area (Å²) in [6, 6.07) is 4.56. The Hall–Kier alpha value is -0.220. The number of rotatable bonds is 0. The highest BCUT2D eigenvalue weighted by Gasteiger charge is 2.42. The first-order valence-electron chi connectivity index (χ1n) is 3.72. The molecule has 1 aromatic carbocycles. The van der Waals surface area contributed by atoms with Gasteiger partial charge >= 0.3 is 0 Å². The SMILES string of the molecule is O=C1c2cccc(F)c2CC1(Br)Br. The second kappa shape index (κ2) is 2.89. The minimum Gasteiger partial charge on any atom is -0.292 e. The zero-order valence-electron chi connectivity index (χ0n) is 6.48. The van der Waals surface area contributed by atoms with Crippen LogP contribution in [0.4, 0.5) is 4.39 Å². The minimum atomic E-state index is -0.801. The number of fused-ring (bicyclic) bond motifs is 1. The molecule has 0 heterocycles. The van der Waals surface area contributed by atoms with Crippen LogP contribution in [-0.2, 0) is 6.42 Å². The number of halogens is 3. The first kappa shape index (κ1) is 9.34. The maximum Gasteiger partial charge on any atom is 0.190 e. The van der Waals surface area contributed by atoms with Crippen molar-refractivity contribution < 1.29 is 9.18 Å². The molecule has 0 atom stereocenters. The summed E-state index contributed by atoms with van der Waals surface area (Å²) in [4.78, 5) is 11.6. The van der Waals surface area contributed by atoms with Crippen molar-refractivity contribution in [2.75, 3.05) is 0 Å². The quantitative estimate of drug-likeness (QED) is 0.673. The summed E-state index contributed by atoms with van der Waals surface area (Å²) >= 11 is 6.45. The Balaban J connectivity index is 2.63. The fourth-order valence-corrected chi connectivity index (χ4v) is 2.44. The number of alkyl halides is 2. The maximum absolute atomic E-state index is 13.2. The van der Waals surface area contributed by atoms with Gasteiger partial charge in [0.15, 0.2) is 5.78 Å². The molecular formula is C9H5Br2FO. The summed E-state index contributed by atoms with van der Waals surface area (Å²) < 4.78 is 12.4. The number of carbonyl (C=O) groups is 1. The smallest absolute Gasteiger partial charge is 0.190 e. The van der Waals surface area contributed by atoms with Gasteiger partial charge in [-0.15, -0.1) is 0 Å². The van der Waals surface area contributed by atoms with E-state index in [0.29, 0.717) is 17.5 Å². The summed E-state index contributed by atoms with van der Waals surface area (Å²) in [5, 5.41) is 0. The van der Waals surface area contributed by atoms with Gasteiger partial charge in [0.2, 0.25) is 0 Å². The first-order chi connectivity index (χ1) is 6.02. The molecule has 0 radical (unpaired) electrons. The van der Waals surface area contributed by atoms with Crippen molar-refractivity contribution in [3.05, 3.63) is 35.1 Å². The van der Waals surface area contributed by atoms with E-state index in [1.807, 2.05) is 0 Å². The van der Waals surface area contributed by atoms with Gasteiger partial charge in [-0.3, -0.25) is 4.79 Å². The lowest BCUT2D eigenvalue weighted by Gasteiger charge is -2.07. The van der Waals surface area contributed by atoms with Crippen molar-refractivity contribution in [1.82, 2.24) is 0 Å². The van der Waals surface area contributed by atoms with Crippen molar-refractivity contribution in [3.63, 3.8) is 0 Å². The van der Waals surface area contributed by atoms with Crippen LogP contribution in [0.15, 0.2) is 18.2 Å². The van der Waals surface area contributed by atoms with Crippen LogP contribution in [-0.4, -0.2) is 9.02 Å². The third-order valence-electron chi connectivity index (χ3n) is 2.09. The predicted octanol–water partition coefficient (Wildman–Crippen LogP) is 3.05. The Morgan fingerprint density at radius 2 is 2.08 bits per heavy atom. The second-order valence-electron chi connectivity index (χ2n) is 2.98.